The molecule has 1 saturated heterocycles. The number of halogens is 2. The number of rotatable bonds is 6. The van der Waals surface area contributed by atoms with Crippen LogP contribution in [-0.2, 0) is 10.3 Å². The molecule has 1 aromatic carbocycles. The number of carbonyl (C=O) groups excluding carboxylic acids is 1. The van der Waals surface area contributed by atoms with Crippen molar-refractivity contribution in [1.29, 1.82) is 0 Å². The van der Waals surface area contributed by atoms with Gasteiger partial charge in [0.1, 0.15) is 5.54 Å². The van der Waals surface area contributed by atoms with Crippen molar-refractivity contribution in [1.82, 2.24) is 10.2 Å². The smallest absolute Gasteiger partial charge is 0.244 e. The molecule has 1 unspecified atom stereocenters. The summed E-state index contributed by atoms with van der Waals surface area (Å²) in [6, 6.07) is 9.43. The standard InChI is InChI=1S/C17H27N3O2.2ClH/c1-17(18,14-6-3-2-4-7-14)16(22)19-10-5-11-20-12-8-15(21)9-13-20;;/h2-4,6-7,15,21H,5,8-13,18H2,1H3,(H,19,22);2*1H. The molecule has 1 fully saturated rings. The van der Waals surface area contributed by atoms with E-state index < -0.39 is 5.54 Å². The lowest BCUT2D eigenvalue weighted by molar-refractivity contribution is -0.126. The van der Waals surface area contributed by atoms with Crippen molar-refractivity contribution in [3.63, 3.8) is 0 Å². The summed E-state index contributed by atoms with van der Waals surface area (Å²) in [6.45, 7) is 5.18. The molecule has 2 rings (SSSR count). The highest BCUT2D eigenvalue weighted by molar-refractivity contribution is 5.87. The molecule has 0 aromatic heterocycles. The lowest BCUT2D eigenvalue weighted by Crippen LogP contribution is -2.49. The van der Waals surface area contributed by atoms with E-state index in [1.807, 2.05) is 30.3 Å². The number of hydrogen-bond donors (Lipinski definition) is 3. The molecule has 24 heavy (non-hydrogen) atoms. The van der Waals surface area contributed by atoms with E-state index in [2.05, 4.69) is 10.2 Å². The topological polar surface area (TPSA) is 78.6 Å². The van der Waals surface area contributed by atoms with Crippen molar-refractivity contribution < 1.29 is 9.90 Å². The van der Waals surface area contributed by atoms with E-state index in [1.165, 1.54) is 0 Å². The molecule has 4 N–H and O–H groups in total. The zero-order chi connectivity index (χ0) is 16.0. The highest BCUT2D eigenvalue weighted by Gasteiger charge is 2.29. The molecule has 1 aliphatic heterocycles. The van der Waals surface area contributed by atoms with Gasteiger partial charge in [-0.25, -0.2) is 0 Å². The van der Waals surface area contributed by atoms with E-state index in [9.17, 15) is 9.90 Å². The van der Waals surface area contributed by atoms with Gasteiger partial charge in [0.2, 0.25) is 5.91 Å². The van der Waals surface area contributed by atoms with Crippen molar-refractivity contribution in [2.75, 3.05) is 26.2 Å². The summed E-state index contributed by atoms with van der Waals surface area (Å²) in [5, 5.41) is 12.4. The van der Waals surface area contributed by atoms with Gasteiger partial charge in [-0.2, -0.15) is 0 Å². The van der Waals surface area contributed by atoms with Gasteiger partial charge in [-0.3, -0.25) is 4.79 Å². The Balaban J connectivity index is 0.00000264. The summed E-state index contributed by atoms with van der Waals surface area (Å²) in [7, 11) is 0. The van der Waals surface area contributed by atoms with E-state index in [-0.39, 0.29) is 36.8 Å². The highest BCUT2D eigenvalue weighted by Crippen LogP contribution is 2.17. The maximum absolute atomic E-state index is 12.3. The van der Waals surface area contributed by atoms with Crippen LogP contribution in [0.3, 0.4) is 0 Å². The lowest BCUT2D eigenvalue weighted by Gasteiger charge is -2.29. The first kappa shape index (κ1) is 23.1. The number of hydrogen-bond acceptors (Lipinski definition) is 4. The largest absolute Gasteiger partial charge is 0.393 e. The molecule has 0 bridgehead atoms. The van der Waals surface area contributed by atoms with E-state index >= 15 is 0 Å². The van der Waals surface area contributed by atoms with Crippen molar-refractivity contribution in [2.45, 2.75) is 37.8 Å². The van der Waals surface area contributed by atoms with Crippen molar-refractivity contribution in [3.05, 3.63) is 35.9 Å². The van der Waals surface area contributed by atoms with Crippen LogP contribution in [0.1, 0.15) is 31.7 Å². The zero-order valence-electron chi connectivity index (χ0n) is 14.1. The molecule has 0 saturated carbocycles. The zero-order valence-corrected chi connectivity index (χ0v) is 15.7. The first-order valence-electron chi connectivity index (χ1n) is 8.03. The molecule has 0 aliphatic carbocycles. The second-order valence-electron chi connectivity index (χ2n) is 6.25. The van der Waals surface area contributed by atoms with Crippen molar-refractivity contribution in [2.24, 2.45) is 5.73 Å². The molecular formula is C17H29Cl2N3O2. The number of benzene rings is 1. The molecule has 1 aliphatic rings. The molecule has 1 aromatic rings. The molecule has 5 nitrogen and oxygen atoms in total. The van der Waals surface area contributed by atoms with Gasteiger partial charge in [0.25, 0.3) is 0 Å². The summed E-state index contributed by atoms with van der Waals surface area (Å²) in [5.74, 6) is -0.146. The average molecular weight is 378 g/mol. The predicted molar refractivity (Wildman–Crippen MR) is 102 cm³/mol. The SMILES string of the molecule is CC(N)(C(=O)NCCCN1CCC(O)CC1)c1ccccc1.Cl.Cl. The van der Waals surface area contributed by atoms with Crippen molar-refractivity contribution >= 4 is 30.7 Å². The number of nitrogens with two attached hydrogens (primary N) is 1. The summed E-state index contributed by atoms with van der Waals surface area (Å²) in [5.41, 5.74) is 5.99. The Morgan fingerprint density at radius 1 is 1.29 bits per heavy atom. The Hall–Kier alpha value is -0.850. The van der Waals surface area contributed by atoms with Crippen LogP contribution in [-0.4, -0.2) is 48.2 Å². The first-order chi connectivity index (χ1) is 10.5. The Morgan fingerprint density at radius 3 is 2.46 bits per heavy atom. The Bertz CT molecular complexity index is 478. The van der Waals surface area contributed by atoms with Gasteiger partial charge >= 0.3 is 0 Å². The summed E-state index contributed by atoms with van der Waals surface area (Å²) >= 11 is 0. The fraction of sp³-hybridized carbons (Fsp3) is 0.588. The van der Waals surface area contributed by atoms with E-state index in [0.717, 1.165) is 44.5 Å². The fourth-order valence-electron chi connectivity index (χ4n) is 2.75. The van der Waals surface area contributed by atoms with Gasteiger partial charge in [-0.05, 0) is 38.3 Å². The van der Waals surface area contributed by atoms with Crippen LogP contribution in [0, 0.1) is 0 Å². The molecule has 1 atom stereocenters. The van der Waals surface area contributed by atoms with Crippen LogP contribution in [0.15, 0.2) is 30.3 Å². The minimum absolute atomic E-state index is 0. The molecule has 1 amide bonds. The van der Waals surface area contributed by atoms with E-state index in [0.29, 0.717) is 6.54 Å². The quantitative estimate of drug-likeness (QED) is 0.658. The van der Waals surface area contributed by atoms with Crippen LogP contribution >= 0.6 is 24.8 Å². The second kappa shape index (κ2) is 10.9. The third kappa shape index (κ3) is 6.57. The number of nitrogens with one attached hydrogen (secondary N) is 1. The van der Waals surface area contributed by atoms with Gasteiger partial charge < -0.3 is 21.1 Å². The van der Waals surface area contributed by atoms with Gasteiger partial charge in [0.05, 0.1) is 6.10 Å². The van der Waals surface area contributed by atoms with Gasteiger partial charge in [-0.1, -0.05) is 30.3 Å². The molecule has 1 heterocycles. The fourth-order valence-corrected chi connectivity index (χ4v) is 2.75. The number of nitrogens with zero attached hydrogens (tertiary/aromatic N) is 1. The molecule has 138 valence electrons. The van der Waals surface area contributed by atoms with Crippen LogP contribution in [0.25, 0.3) is 0 Å². The Morgan fingerprint density at radius 2 is 1.88 bits per heavy atom. The van der Waals surface area contributed by atoms with Crippen molar-refractivity contribution in [3.8, 4) is 0 Å². The normalized spacial score (nSPS) is 18.0. The summed E-state index contributed by atoms with van der Waals surface area (Å²) in [4.78, 5) is 14.6. The number of aliphatic hydroxyl groups is 1. The Kier molecular flexibility index (Phi) is 10.5. The number of aliphatic hydroxyl groups excluding tert-OH is 1. The van der Waals surface area contributed by atoms with E-state index in [1.54, 1.807) is 6.92 Å². The molecule has 0 spiro atoms. The monoisotopic (exact) mass is 377 g/mol. The van der Waals surface area contributed by atoms with Crippen LogP contribution in [0.2, 0.25) is 0 Å². The molecule has 0 radical (unpaired) electrons. The summed E-state index contributed by atoms with van der Waals surface area (Å²) in [6.07, 6.45) is 2.45. The maximum atomic E-state index is 12.3. The number of piperidine rings is 1. The minimum Gasteiger partial charge on any atom is -0.393 e. The number of carbonyl (C=O) groups is 1. The number of likely N-dealkylation sites (tertiary alicyclic amines) is 1. The number of amides is 1. The van der Waals surface area contributed by atoms with Crippen LogP contribution in [0.5, 0.6) is 0 Å². The van der Waals surface area contributed by atoms with Gasteiger partial charge in [0.15, 0.2) is 0 Å². The third-order valence-corrected chi connectivity index (χ3v) is 4.34. The third-order valence-electron chi connectivity index (χ3n) is 4.34. The van der Waals surface area contributed by atoms with Gasteiger partial charge in [0, 0.05) is 19.6 Å². The molecule has 7 heteroatoms. The predicted octanol–water partition coefficient (Wildman–Crippen LogP) is 1.67. The second-order valence-corrected chi connectivity index (χ2v) is 6.25. The van der Waals surface area contributed by atoms with Crippen LogP contribution < -0.4 is 11.1 Å². The highest BCUT2D eigenvalue weighted by atomic mass is 35.5. The average Bonchev–Trinajstić information content (AvgIpc) is 2.54. The Labute approximate surface area is 156 Å². The van der Waals surface area contributed by atoms with Gasteiger partial charge in [-0.15, -0.1) is 24.8 Å². The van der Waals surface area contributed by atoms with E-state index in [4.69, 9.17) is 5.73 Å². The molecular weight excluding hydrogens is 349 g/mol. The first-order valence-corrected chi connectivity index (χ1v) is 8.03. The maximum Gasteiger partial charge on any atom is 0.244 e. The minimum atomic E-state index is -1.00. The van der Waals surface area contributed by atoms with Crippen LogP contribution in [0.4, 0.5) is 0 Å². The lowest BCUT2D eigenvalue weighted by atomic mass is 9.92. The summed E-state index contributed by atoms with van der Waals surface area (Å²) < 4.78 is 0.